The molecule has 1 atom stereocenters. The summed E-state index contributed by atoms with van der Waals surface area (Å²) in [6, 6.07) is 15.8. The highest BCUT2D eigenvalue weighted by Gasteiger charge is 2.23. The van der Waals surface area contributed by atoms with Crippen LogP contribution in [-0.2, 0) is 16.1 Å². The summed E-state index contributed by atoms with van der Waals surface area (Å²) in [4.78, 5) is 39.4. The standard InChI is InChI=1S/C25H32N4O3/c1-18(2)15-22(30)28-23(20-10-4-3-5-11-20)24(31)26-17-19-9-8-12-21(16-19)27-25(32)29-13-6-7-14-29/h3-5,8-12,16,18,23H,6-7,13-15,17H2,1-2H3,(H,26,31)(H,27,32)(H,28,30). The predicted octanol–water partition coefficient (Wildman–Crippen LogP) is 3.83. The smallest absolute Gasteiger partial charge is 0.321 e. The maximum atomic E-state index is 13.0. The molecule has 2 aromatic rings. The molecule has 2 aromatic carbocycles. The van der Waals surface area contributed by atoms with Crippen molar-refractivity contribution in [3.8, 4) is 0 Å². The molecule has 1 unspecified atom stereocenters. The third-order valence-electron chi connectivity index (χ3n) is 5.33. The average molecular weight is 437 g/mol. The second-order valence-corrected chi connectivity index (χ2v) is 8.55. The van der Waals surface area contributed by atoms with Gasteiger partial charge in [-0.05, 0) is 42.0 Å². The number of amides is 4. The summed E-state index contributed by atoms with van der Waals surface area (Å²) in [5.74, 6) is -0.233. The first-order valence-electron chi connectivity index (χ1n) is 11.2. The van der Waals surface area contributed by atoms with Crippen molar-refractivity contribution in [2.45, 2.75) is 45.7 Å². The molecule has 32 heavy (non-hydrogen) atoms. The number of nitrogens with one attached hydrogen (secondary N) is 3. The predicted molar refractivity (Wildman–Crippen MR) is 125 cm³/mol. The van der Waals surface area contributed by atoms with E-state index in [1.807, 2.05) is 68.4 Å². The van der Waals surface area contributed by atoms with Gasteiger partial charge in [0.05, 0.1) is 0 Å². The topological polar surface area (TPSA) is 90.5 Å². The highest BCUT2D eigenvalue weighted by Crippen LogP contribution is 2.16. The number of benzene rings is 2. The molecule has 1 aliphatic rings. The van der Waals surface area contributed by atoms with Crippen LogP contribution in [0.1, 0.15) is 50.3 Å². The first kappa shape index (κ1) is 23.3. The van der Waals surface area contributed by atoms with Crippen LogP contribution in [0.15, 0.2) is 54.6 Å². The fraction of sp³-hybridized carbons (Fsp3) is 0.400. The highest BCUT2D eigenvalue weighted by molar-refractivity contribution is 5.90. The molecule has 1 saturated heterocycles. The SMILES string of the molecule is CC(C)CC(=O)NC(C(=O)NCc1cccc(NC(=O)N2CCCC2)c1)c1ccccc1. The Bertz CT molecular complexity index is 924. The van der Waals surface area contributed by atoms with Gasteiger partial charge in [-0.2, -0.15) is 0 Å². The third-order valence-corrected chi connectivity index (χ3v) is 5.33. The number of carbonyl (C=O) groups excluding carboxylic acids is 3. The number of anilines is 1. The van der Waals surface area contributed by atoms with Gasteiger partial charge in [-0.3, -0.25) is 9.59 Å². The number of carbonyl (C=O) groups is 3. The molecule has 1 aliphatic heterocycles. The monoisotopic (exact) mass is 436 g/mol. The van der Waals surface area contributed by atoms with E-state index in [1.165, 1.54) is 0 Å². The maximum Gasteiger partial charge on any atom is 0.321 e. The summed E-state index contributed by atoms with van der Waals surface area (Å²) < 4.78 is 0. The first-order chi connectivity index (χ1) is 15.4. The van der Waals surface area contributed by atoms with Crippen molar-refractivity contribution in [3.63, 3.8) is 0 Å². The van der Waals surface area contributed by atoms with Crippen molar-refractivity contribution in [3.05, 3.63) is 65.7 Å². The third kappa shape index (κ3) is 6.83. The molecule has 0 aromatic heterocycles. The van der Waals surface area contributed by atoms with Crippen molar-refractivity contribution in [1.29, 1.82) is 0 Å². The van der Waals surface area contributed by atoms with Gasteiger partial charge in [0.1, 0.15) is 6.04 Å². The number of rotatable bonds is 8. The number of urea groups is 1. The zero-order valence-corrected chi connectivity index (χ0v) is 18.8. The minimum Gasteiger partial charge on any atom is -0.350 e. The molecule has 0 aliphatic carbocycles. The maximum absolute atomic E-state index is 13.0. The van der Waals surface area contributed by atoms with Crippen molar-refractivity contribution >= 4 is 23.5 Å². The highest BCUT2D eigenvalue weighted by atomic mass is 16.2. The van der Waals surface area contributed by atoms with Crippen LogP contribution in [0, 0.1) is 5.92 Å². The molecule has 3 N–H and O–H groups in total. The van der Waals surface area contributed by atoms with Crippen LogP contribution >= 0.6 is 0 Å². The lowest BCUT2D eigenvalue weighted by molar-refractivity contribution is -0.129. The van der Waals surface area contributed by atoms with Gasteiger partial charge >= 0.3 is 6.03 Å². The summed E-state index contributed by atoms with van der Waals surface area (Å²) in [7, 11) is 0. The van der Waals surface area contributed by atoms with Crippen molar-refractivity contribution in [1.82, 2.24) is 15.5 Å². The lowest BCUT2D eigenvalue weighted by Crippen LogP contribution is -2.40. The molecule has 0 radical (unpaired) electrons. The van der Waals surface area contributed by atoms with Crippen molar-refractivity contribution in [2.75, 3.05) is 18.4 Å². The van der Waals surface area contributed by atoms with Crippen LogP contribution in [0.25, 0.3) is 0 Å². The molecule has 0 spiro atoms. The Hall–Kier alpha value is -3.35. The molecular formula is C25H32N4O3. The van der Waals surface area contributed by atoms with Gasteiger partial charge < -0.3 is 20.9 Å². The lowest BCUT2D eigenvalue weighted by Gasteiger charge is -2.20. The second-order valence-electron chi connectivity index (χ2n) is 8.55. The largest absolute Gasteiger partial charge is 0.350 e. The minimum atomic E-state index is -0.763. The molecule has 7 heteroatoms. The number of nitrogens with zero attached hydrogens (tertiary/aromatic N) is 1. The Morgan fingerprint density at radius 1 is 0.969 bits per heavy atom. The molecule has 7 nitrogen and oxygen atoms in total. The lowest BCUT2D eigenvalue weighted by atomic mass is 10.0. The van der Waals surface area contributed by atoms with Crippen LogP contribution in [0.4, 0.5) is 10.5 Å². The number of likely N-dealkylation sites (tertiary alicyclic amines) is 1. The Morgan fingerprint density at radius 2 is 1.69 bits per heavy atom. The van der Waals surface area contributed by atoms with Crippen molar-refractivity contribution in [2.24, 2.45) is 5.92 Å². The molecule has 0 bridgehead atoms. The molecule has 3 rings (SSSR count). The number of hydrogen-bond donors (Lipinski definition) is 3. The molecule has 170 valence electrons. The van der Waals surface area contributed by atoms with E-state index < -0.39 is 6.04 Å². The van der Waals surface area contributed by atoms with E-state index in [9.17, 15) is 14.4 Å². The summed E-state index contributed by atoms with van der Waals surface area (Å²) in [6.07, 6.45) is 2.43. The fourth-order valence-corrected chi connectivity index (χ4v) is 3.71. The normalized spacial score (nSPS) is 14.2. The van der Waals surface area contributed by atoms with Crippen LogP contribution in [0.2, 0.25) is 0 Å². The zero-order chi connectivity index (χ0) is 22.9. The van der Waals surface area contributed by atoms with Gasteiger partial charge in [0.15, 0.2) is 0 Å². The summed E-state index contributed by atoms with van der Waals surface area (Å²) in [5, 5.41) is 8.69. The quantitative estimate of drug-likeness (QED) is 0.587. The Morgan fingerprint density at radius 3 is 2.38 bits per heavy atom. The van der Waals surface area contributed by atoms with E-state index in [2.05, 4.69) is 16.0 Å². The Labute approximate surface area is 189 Å². The van der Waals surface area contributed by atoms with Gasteiger partial charge in [0.25, 0.3) is 0 Å². The first-order valence-corrected chi connectivity index (χ1v) is 11.2. The summed E-state index contributed by atoms with van der Waals surface area (Å²) in [5.41, 5.74) is 2.28. The van der Waals surface area contributed by atoms with E-state index in [4.69, 9.17) is 0 Å². The van der Waals surface area contributed by atoms with Crippen LogP contribution in [-0.4, -0.2) is 35.8 Å². The van der Waals surface area contributed by atoms with Gasteiger partial charge in [0, 0.05) is 31.7 Å². The van der Waals surface area contributed by atoms with E-state index in [-0.39, 0.29) is 30.3 Å². The van der Waals surface area contributed by atoms with E-state index in [1.54, 1.807) is 4.90 Å². The van der Waals surface area contributed by atoms with Crippen LogP contribution < -0.4 is 16.0 Å². The average Bonchev–Trinajstić information content (AvgIpc) is 3.31. The second kappa shape index (κ2) is 11.3. The Kier molecular flexibility index (Phi) is 8.25. The summed E-state index contributed by atoms with van der Waals surface area (Å²) in [6.45, 7) is 5.78. The molecular weight excluding hydrogens is 404 g/mol. The van der Waals surface area contributed by atoms with Gasteiger partial charge in [-0.25, -0.2) is 4.79 Å². The van der Waals surface area contributed by atoms with Crippen LogP contribution in [0.5, 0.6) is 0 Å². The fourth-order valence-electron chi connectivity index (χ4n) is 3.71. The van der Waals surface area contributed by atoms with E-state index in [0.29, 0.717) is 12.1 Å². The molecule has 1 heterocycles. The van der Waals surface area contributed by atoms with Crippen LogP contribution in [0.3, 0.4) is 0 Å². The minimum absolute atomic E-state index is 0.0966. The van der Waals surface area contributed by atoms with Gasteiger partial charge in [-0.1, -0.05) is 56.3 Å². The van der Waals surface area contributed by atoms with E-state index >= 15 is 0 Å². The van der Waals surface area contributed by atoms with E-state index in [0.717, 1.165) is 37.1 Å². The van der Waals surface area contributed by atoms with Crippen molar-refractivity contribution < 1.29 is 14.4 Å². The zero-order valence-electron chi connectivity index (χ0n) is 18.8. The molecule has 4 amide bonds. The van der Waals surface area contributed by atoms with Gasteiger partial charge in [0.2, 0.25) is 11.8 Å². The Balaban J connectivity index is 1.62. The molecule has 1 fully saturated rings. The summed E-state index contributed by atoms with van der Waals surface area (Å²) >= 11 is 0. The number of hydrogen-bond acceptors (Lipinski definition) is 3. The molecule has 0 saturated carbocycles. The van der Waals surface area contributed by atoms with Gasteiger partial charge in [-0.15, -0.1) is 0 Å².